The number of anilines is 1. The minimum absolute atomic E-state index is 0.00265. The van der Waals surface area contributed by atoms with Gasteiger partial charge in [0.1, 0.15) is 72.7 Å². The molecule has 8 aromatic rings. The largest absolute Gasteiger partial charge is 0.496 e. The molecule has 3 aromatic heterocycles. The van der Waals surface area contributed by atoms with E-state index in [1.165, 1.54) is 34.7 Å². The number of likely N-dealkylation sites (N-methyl/N-ethyl adjacent to an activating group) is 1. The van der Waals surface area contributed by atoms with Crippen molar-refractivity contribution in [2.45, 2.75) is 84.3 Å². The Morgan fingerprint density at radius 1 is 0.669 bits per heavy atom. The molecule has 1 fully saturated rings. The number of carboxylic acids is 1. The van der Waals surface area contributed by atoms with Crippen molar-refractivity contribution in [1.82, 2.24) is 50.6 Å². The van der Waals surface area contributed by atoms with Crippen LogP contribution in [0.3, 0.4) is 0 Å². The van der Waals surface area contributed by atoms with Crippen molar-refractivity contribution in [2.75, 3.05) is 205 Å². The zero-order valence-corrected chi connectivity index (χ0v) is 77.7. The van der Waals surface area contributed by atoms with E-state index in [-0.39, 0.29) is 104 Å². The molecule has 2 aliphatic heterocycles. The Kier molecular flexibility index (Phi) is 42.5. The molecule has 3 atom stereocenters. The van der Waals surface area contributed by atoms with Crippen molar-refractivity contribution >= 4 is 86.5 Å². The Balaban J connectivity index is 0.762. The smallest absolute Gasteiger partial charge is 0.409 e. The fraction of sp³-hybridized carbons (Fsp3) is 0.468. The van der Waals surface area contributed by atoms with E-state index in [2.05, 4.69) is 48.2 Å². The van der Waals surface area contributed by atoms with Gasteiger partial charge in [0.2, 0.25) is 29.7 Å². The lowest BCUT2D eigenvalue weighted by Gasteiger charge is -2.42. The summed E-state index contributed by atoms with van der Waals surface area (Å²) in [7, 11) is 6.95. The highest BCUT2D eigenvalue weighted by atomic mass is 35.5. The molecule has 0 aliphatic carbocycles. The first kappa shape index (κ1) is 104. The van der Waals surface area contributed by atoms with Crippen LogP contribution >= 0.6 is 22.9 Å². The number of para-hydroxylation sites is 2. The maximum atomic E-state index is 14.7. The minimum atomic E-state index is -1.48. The number of benzene rings is 5. The minimum Gasteiger partial charge on any atom is -0.496 e. The van der Waals surface area contributed by atoms with Gasteiger partial charge in [-0.1, -0.05) is 80.0 Å². The first-order valence-electron chi connectivity index (χ1n) is 44.0. The molecule has 0 bridgehead atoms. The predicted molar refractivity (Wildman–Crippen MR) is 492 cm³/mol. The lowest BCUT2D eigenvalue weighted by Crippen LogP contribution is -2.57. The predicted octanol–water partition coefficient (Wildman–Crippen LogP) is 9.26. The Morgan fingerprint density at radius 2 is 1.30 bits per heavy atom. The Bertz CT molecular complexity index is 5130. The van der Waals surface area contributed by atoms with Gasteiger partial charge in [0.05, 0.1) is 168 Å². The highest BCUT2D eigenvalue weighted by Crippen LogP contribution is 2.50. The molecule has 2 aliphatic rings. The Morgan fingerprint density at radius 3 is 1.94 bits per heavy atom. The van der Waals surface area contributed by atoms with E-state index in [1.54, 1.807) is 102 Å². The Hall–Kier alpha value is -11.5. The number of piperazine rings is 1. The highest BCUT2D eigenvalue weighted by molar-refractivity contribution is 7.22. The molecule has 718 valence electrons. The number of hydrogen-bond acceptors (Lipinski definition) is 28. The van der Waals surface area contributed by atoms with Gasteiger partial charge in [-0.05, 0) is 108 Å². The molecule has 1 saturated heterocycles. The van der Waals surface area contributed by atoms with Crippen molar-refractivity contribution in [3.63, 3.8) is 0 Å². The fourth-order valence-corrected chi connectivity index (χ4v) is 15.8. The molecule has 10 rings (SSSR count). The number of quaternary nitrogens is 1. The van der Waals surface area contributed by atoms with Gasteiger partial charge >= 0.3 is 18.1 Å². The summed E-state index contributed by atoms with van der Waals surface area (Å²) in [5, 5.41) is 22.7. The van der Waals surface area contributed by atoms with Gasteiger partial charge < -0.3 is 108 Å². The molecule has 39 heteroatoms. The number of thiophene rings is 1. The number of carbonyl (C=O) groups excluding carboxylic acids is 7. The number of amides is 8. The van der Waals surface area contributed by atoms with Gasteiger partial charge in [-0.3, -0.25) is 33.8 Å². The van der Waals surface area contributed by atoms with Gasteiger partial charge in [0.15, 0.2) is 5.82 Å². The molecule has 0 spiro atoms. The molecule has 7 N–H and O–H groups in total. The standard InChI is InChI=1S/C94H119ClFN13O23S/c1-63(2)85(105-79(110)29-38-121-39-35-108-80(111)26-27-81(108)112)89(114)104-74(15-12-30-99-93(97)117)88(113)103-70-23-20-67(68(57-70)59-106(4)94(118)130-56-55-128-54-53-127-52-51-126-50-49-125-48-47-124-46-45-123-44-43-122-42-41-119-6)60-109(5)36-32-107(33-37-109)34-40-129-77-25-24-72(64(3)84(77)95)82-83-90(100-62-101-91(83)133-86(82)65-18-21-69(96)22-19-65)132-78(92(115)116)58-66-13-8-10-16-75(66)131-61-71-28-31-98-87(102-71)73-14-9-11-17-76(73)120-7/h8-11,13-14,16-28,31,57,62-63,74,78,85H,12,15,29-30,32-56,58-61H2,1-7H3,(H6-,97,99,103,104,105,110,113,114,115,116,117)/p+1/t74-,78-,85-/m1/s1. The average molecular weight is 1890 g/mol. The van der Waals surface area contributed by atoms with Crippen LogP contribution in [0.4, 0.5) is 19.7 Å². The second-order valence-electron chi connectivity index (χ2n) is 31.8. The van der Waals surface area contributed by atoms with Gasteiger partial charge in [0, 0.05) is 99.8 Å². The number of primary amides is 1. The van der Waals surface area contributed by atoms with Gasteiger partial charge in [-0.2, -0.15) is 0 Å². The normalized spacial score (nSPS) is 13.8. The van der Waals surface area contributed by atoms with E-state index in [4.69, 9.17) is 88.6 Å². The van der Waals surface area contributed by atoms with Crippen LogP contribution in [0.1, 0.15) is 61.1 Å². The molecule has 8 amide bonds. The summed E-state index contributed by atoms with van der Waals surface area (Å²) in [5.74, 6) is -2.97. The van der Waals surface area contributed by atoms with Crippen molar-refractivity contribution in [3.8, 4) is 56.1 Å². The fourth-order valence-electron chi connectivity index (χ4n) is 14.4. The number of hydrogen-bond donors (Lipinski definition) is 6. The van der Waals surface area contributed by atoms with Crippen LogP contribution in [0.25, 0.3) is 43.2 Å². The zero-order chi connectivity index (χ0) is 94.9. The molecule has 5 aromatic carbocycles. The number of nitrogens with zero attached hydrogens (tertiary/aromatic N) is 8. The van der Waals surface area contributed by atoms with Crippen molar-refractivity contribution in [1.29, 1.82) is 0 Å². The molecule has 5 heterocycles. The summed E-state index contributed by atoms with van der Waals surface area (Å²) >= 11 is 8.65. The number of rotatable bonds is 60. The lowest BCUT2D eigenvalue weighted by atomic mass is 9.96. The quantitative estimate of drug-likeness (QED) is 0.0117. The molecule has 36 nitrogen and oxygen atoms in total. The maximum Gasteiger partial charge on any atom is 0.409 e. The van der Waals surface area contributed by atoms with Crippen LogP contribution in [-0.4, -0.2) is 310 Å². The maximum absolute atomic E-state index is 14.7. The van der Waals surface area contributed by atoms with E-state index in [0.29, 0.717) is 217 Å². The van der Waals surface area contributed by atoms with Crippen LogP contribution in [0.5, 0.6) is 23.1 Å². The summed E-state index contributed by atoms with van der Waals surface area (Å²) < 4.78 is 95.2. The molecular formula is C94H120ClFN13O23S+. The zero-order valence-electron chi connectivity index (χ0n) is 76.1. The summed E-state index contributed by atoms with van der Waals surface area (Å²) in [6, 6.07) is 28.3. The number of aliphatic carboxylic acids is 1. The summed E-state index contributed by atoms with van der Waals surface area (Å²) in [6.45, 7) is 15.3. The van der Waals surface area contributed by atoms with Gasteiger partial charge in [-0.15, -0.1) is 11.3 Å². The number of ether oxygens (including phenoxy) is 14. The third kappa shape index (κ3) is 33.0. The summed E-state index contributed by atoms with van der Waals surface area (Å²) in [4.78, 5) is 129. The molecule has 0 unspecified atom stereocenters. The van der Waals surface area contributed by atoms with Crippen LogP contribution in [-0.2, 0) is 102 Å². The number of fused-ring (bicyclic) bond motifs is 1. The number of methoxy groups -OCH3 is 2. The number of carbonyl (C=O) groups is 8. The van der Waals surface area contributed by atoms with Crippen molar-refractivity contribution < 1.29 is 119 Å². The number of urea groups is 1. The first-order chi connectivity index (χ1) is 64.4. The van der Waals surface area contributed by atoms with E-state index in [0.717, 1.165) is 22.6 Å². The van der Waals surface area contributed by atoms with E-state index < -0.39 is 77.6 Å². The lowest BCUT2D eigenvalue weighted by molar-refractivity contribution is -0.926. The van der Waals surface area contributed by atoms with Crippen LogP contribution < -0.4 is 45.9 Å². The first-order valence-corrected chi connectivity index (χ1v) is 45.2. The van der Waals surface area contributed by atoms with Crippen LogP contribution in [0.2, 0.25) is 5.02 Å². The van der Waals surface area contributed by atoms with Gasteiger partial charge in [-0.25, -0.2) is 38.7 Å². The number of imide groups is 1. The summed E-state index contributed by atoms with van der Waals surface area (Å²) in [5.41, 5.74) is 11.6. The van der Waals surface area contributed by atoms with E-state index >= 15 is 0 Å². The molecular weight excluding hydrogens is 1770 g/mol. The topological polar surface area (TPSA) is 421 Å². The number of nitrogens with one attached hydrogen (secondary N) is 4. The summed E-state index contributed by atoms with van der Waals surface area (Å²) in [6.07, 6.45) is 3.13. The number of nitrogens with two attached hydrogens (primary N) is 1. The van der Waals surface area contributed by atoms with Crippen LogP contribution in [0.15, 0.2) is 134 Å². The number of halogens is 2. The Labute approximate surface area is 781 Å². The molecule has 0 radical (unpaired) electrons. The van der Waals surface area contributed by atoms with Crippen molar-refractivity contribution in [3.05, 3.63) is 173 Å². The number of aromatic nitrogens is 4. The molecule has 133 heavy (non-hydrogen) atoms. The molecule has 0 saturated carbocycles. The third-order valence-corrected chi connectivity index (χ3v) is 23.3. The SMILES string of the molecule is COCCOCCOCCOCCOCCOCCOCCOCCOC(=O)N(C)Cc1cc(NC(=O)[C@@H](CCCNC(N)=O)NC(=O)[C@H](NC(=O)CCOCCN2C(=O)C=CC2=O)C(C)C)ccc1C[N+]1(C)CCN(CCOc2ccc(-c3c(-c4ccc(F)cc4)sc4ncnc(O[C@H](Cc5ccccc5OCc5ccnc(-c6ccccc6OC)n5)C(=O)O)c34)c(C)c2Cl)CC1. The number of carboxylic acid groups (broad SMARTS) is 1. The highest BCUT2D eigenvalue weighted by Gasteiger charge is 2.35. The monoisotopic (exact) mass is 1880 g/mol. The second-order valence-corrected chi connectivity index (χ2v) is 33.2. The van der Waals surface area contributed by atoms with Crippen LogP contribution in [0, 0.1) is 18.7 Å². The van der Waals surface area contributed by atoms with Crippen molar-refractivity contribution in [2.24, 2.45) is 11.7 Å². The third-order valence-electron chi connectivity index (χ3n) is 21.7. The second kappa shape index (κ2) is 54.6. The van der Waals surface area contributed by atoms with E-state index in [1.807, 2.05) is 43.3 Å². The van der Waals surface area contributed by atoms with Gasteiger partial charge in [0.25, 0.3) is 11.8 Å². The van der Waals surface area contributed by atoms with E-state index in [9.17, 15) is 47.9 Å². The average Bonchev–Trinajstić information content (AvgIpc) is 1.60.